The van der Waals surface area contributed by atoms with Gasteiger partial charge in [0.1, 0.15) is 11.3 Å². The lowest BCUT2D eigenvalue weighted by Gasteiger charge is -2.20. The Morgan fingerprint density at radius 2 is 1.81 bits per heavy atom. The molecule has 0 aliphatic carbocycles. The van der Waals surface area contributed by atoms with E-state index in [9.17, 15) is 9.59 Å². The van der Waals surface area contributed by atoms with Crippen molar-refractivity contribution in [3.63, 3.8) is 0 Å². The van der Waals surface area contributed by atoms with E-state index in [0.29, 0.717) is 11.5 Å². The summed E-state index contributed by atoms with van der Waals surface area (Å²) in [5, 5.41) is 0.996. The van der Waals surface area contributed by atoms with Crippen molar-refractivity contribution >= 4 is 28.4 Å². The second-order valence-corrected chi connectivity index (χ2v) is 4.96. The highest BCUT2D eigenvalue weighted by Crippen LogP contribution is 2.27. The third-order valence-corrected chi connectivity index (χ3v) is 3.54. The summed E-state index contributed by atoms with van der Waals surface area (Å²) in [5.74, 6) is 0.175. The van der Waals surface area contributed by atoms with Crippen LogP contribution in [0.4, 0.5) is 0 Å². The number of hydrogen-bond acceptors (Lipinski definition) is 3. The molecule has 1 heterocycles. The number of amides is 2. The SMILES string of the molecule is CCC(=O)N(C(C)=O)/C(C)=C(\C)c1cc2ccccc2o1. The number of carbonyl (C=O) groups excluding carboxylic acids is 2. The molecule has 0 radical (unpaired) electrons. The topological polar surface area (TPSA) is 50.5 Å². The van der Waals surface area contributed by atoms with Gasteiger partial charge in [-0.05, 0) is 26.0 Å². The standard InChI is InChI=1S/C17H19NO3/c1-5-17(20)18(13(4)19)12(3)11(2)16-10-14-8-6-7-9-15(14)21-16/h6-10H,5H2,1-4H3/b12-11+. The molecule has 0 saturated heterocycles. The Hall–Kier alpha value is -2.36. The fourth-order valence-corrected chi connectivity index (χ4v) is 2.27. The van der Waals surface area contributed by atoms with Gasteiger partial charge in [0, 0.05) is 30.0 Å². The molecule has 0 aliphatic rings. The van der Waals surface area contributed by atoms with Crippen molar-refractivity contribution in [2.45, 2.75) is 34.1 Å². The molecule has 1 aromatic heterocycles. The predicted octanol–water partition coefficient (Wildman–Crippen LogP) is 3.97. The summed E-state index contributed by atoms with van der Waals surface area (Å²) < 4.78 is 5.79. The summed E-state index contributed by atoms with van der Waals surface area (Å²) >= 11 is 0. The Morgan fingerprint density at radius 3 is 2.38 bits per heavy atom. The van der Waals surface area contributed by atoms with E-state index in [1.807, 2.05) is 37.3 Å². The van der Waals surface area contributed by atoms with Gasteiger partial charge in [-0.15, -0.1) is 0 Å². The van der Waals surface area contributed by atoms with Crippen LogP contribution in [0.2, 0.25) is 0 Å². The van der Waals surface area contributed by atoms with Gasteiger partial charge in [0.05, 0.1) is 0 Å². The van der Waals surface area contributed by atoms with E-state index < -0.39 is 0 Å². The number of nitrogens with zero attached hydrogens (tertiary/aromatic N) is 1. The number of furan rings is 1. The van der Waals surface area contributed by atoms with Crippen molar-refractivity contribution in [1.82, 2.24) is 4.90 Å². The van der Waals surface area contributed by atoms with Crippen LogP contribution < -0.4 is 0 Å². The Bertz CT molecular complexity index is 691. The average Bonchev–Trinajstić information content (AvgIpc) is 2.89. The highest BCUT2D eigenvalue weighted by Gasteiger charge is 2.21. The minimum Gasteiger partial charge on any atom is -0.456 e. The minimum atomic E-state index is -0.283. The highest BCUT2D eigenvalue weighted by molar-refractivity contribution is 5.97. The lowest BCUT2D eigenvalue weighted by molar-refractivity contribution is -0.140. The molecular weight excluding hydrogens is 266 g/mol. The van der Waals surface area contributed by atoms with E-state index in [1.165, 1.54) is 11.8 Å². The molecule has 1 aromatic carbocycles. The van der Waals surface area contributed by atoms with Crippen LogP contribution in [0.15, 0.2) is 40.4 Å². The second kappa shape index (κ2) is 5.95. The summed E-state index contributed by atoms with van der Waals surface area (Å²) in [6.07, 6.45) is 0.282. The van der Waals surface area contributed by atoms with Crippen LogP contribution in [-0.2, 0) is 9.59 Å². The van der Waals surface area contributed by atoms with Gasteiger partial charge in [0.2, 0.25) is 11.8 Å². The van der Waals surface area contributed by atoms with Gasteiger partial charge >= 0.3 is 0 Å². The smallest absolute Gasteiger partial charge is 0.233 e. The van der Waals surface area contributed by atoms with Crippen LogP contribution in [0.1, 0.15) is 39.9 Å². The summed E-state index contributed by atoms with van der Waals surface area (Å²) in [4.78, 5) is 24.9. The molecule has 0 saturated carbocycles. The van der Waals surface area contributed by atoms with Crippen molar-refractivity contribution in [3.8, 4) is 0 Å². The Morgan fingerprint density at radius 1 is 1.14 bits per heavy atom. The van der Waals surface area contributed by atoms with E-state index in [4.69, 9.17) is 4.42 Å². The molecule has 2 aromatic rings. The number of benzene rings is 1. The van der Waals surface area contributed by atoms with Crippen molar-refractivity contribution in [3.05, 3.63) is 41.8 Å². The van der Waals surface area contributed by atoms with Crippen LogP contribution in [0.3, 0.4) is 0 Å². The average molecular weight is 285 g/mol. The van der Waals surface area contributed by atoms with Gasteiger partial charge in [-0.3, -0.25) is 14.5 Å². The number of hydrogen-bond donors (Lipinski definition) is 0. The Kier molecular flexibility index (Phi) is 4.26. The molecule has 0 unspecified atom stereocenters. The quantitative estimate of drug-likeness (QED) is 0.857. The number of carbonyl (C=O) groups is 2. The van der Waals surface area contributed by atoms with Crippen molar-refractivity contribution in [2.75, 3.05) is 0 Å². The molecule has 0 spiro atoms. The maximum Gasteiger partial charge on any atom is 0.233 e. The minimum absolute atomic E-state index is 0.213. The van der Waals surface area contributed by atoms with E-state index in [0.717, 1.165) is 16.5 Å². The third kappa shape index (κ3) is 2.89. The van der Waals surface area contributed by atoms with Crippen molar-refractivity contribution < 1.29 is 14.0 Å². The maximum absolute atomic E-state index is 11.9. The first kappa shape index (κ1) is 15.0. The molecule has 4 nitrogen and oxygen atoms in total. The van der Waals surface area contributed by atoms with Gasteiger partial charge in [-0.1, -0.05) is 25.1 Å². The van der Waals surface area contributed by atoms with Crippen LogP contribution in [0, 0.1) is 0 Å². The zero-order valence-electron chi connectivity index (χ0n) is 12.8. The molecular formula is C17H19NO3. The first-order valence-corrected chi connectivity index (χ1v) is 6.95. The van der Waals surface area contributed by atoms with Gasteiger partial charge < -0.3 is 4.42 Å². The Balaban J connectivity index is 2.49. The molecule has 0 bridgehead atoms. The summed E-state index contributed by atoms with van der Waals surface area (Å²) in [6.45, 7) is 6.74. The van der Waals surface area contributed by atoms with Gasteiger partial charge in [0.25, 0.3) is 0 Å². The lowest BCUT2D eigenvalue weighted by Crippen LogP contribution is -2.33. The zero-order chi connectivity index (χ0) is 15.6. The largest absolute Gasteiger partial charge is 0.456 e. The van der Waals surface area contributed by atoms with E-state index >= 15 is 0 Å². The van der Waals surface area contributed by atoms with Crippen LogP contribution in [0.25, 0.3) is 16.5 Å². The van der Waals surface area contributed by atoms with Crippen LogP contribution in [-0.4, -0.2) is 16.7 Å². The molecule has 0 fully saturated rings. The van der Waals surface area contributed by atoms with Crippen molar-refractivity contribution in [1.29, 1.82) is 0 Å². The van der Waals surface area contributed by atoms with E-state index in [2.05, 4.69) is 0 Å². The molecule has 2 rings (SSSR count). The molecule has 0 N–H and O–H groups in total. The Labute approximate surface area is 124 Å². The monoisotopic (exact) mass is 285 g/mol. The number of imide groups is 1. The molecule has 4 heteroatoms. The van der Waals surface area contributed by atoms with Crippen LogP contribution >= 0.6 is 0 Å². The summed E-state index contributed by atoms with van der Waals surface area (Å²) in [5.41, 5.74) is 2.17. The second-order valence-electron chi connectivity index (χ2n) is 4.96. The first-order valence-electron chi connectivity index (χ1n) is 6.95. The molecule has 0 aliphatic heterocycles. The maximum atomic E-state index is 11.9. The molecule has 0 atom stereocenters. The predicted molar refractivity (Wildman–Crippen MR) is 82.3 cm³/mol. The fraction of sp³-hybridized carbons (Fsp3) is 0.294. The number of para-hydroxylation sites is 1. The zero-order valence-corrected chi connectivity index (χ0v) is 12.8. The van der Waals surface area contributed by atoms with Gasteiger partial charge in [-0.2, -0.15) is 0 Å². The molecule has 110 valence electrons. The van der Waals surface area contributed by atoms with E-state index in [1.54, 1.807) is 13.8 Å². The molecule has 21 heavy (non-hydrogen) atoms. The lowest BCUT2D eigenvalue weighted by atomic mass is 10.1. The highest BCUT2D eigenvalue weighted by atomic mass is 16.3. The van der Waals surface area contributed by atoms with E-state index in [-0.39, 0.29) is 18.2 Å². The number of allylic oxidation sites excluding steroid dienone is 2. The fourth-order valence-electron chi connectivity index (χ4n) is 2.27. The van der Waals surface area contributed by atoms with Crippen LogP contribution in [0.5, 0.6) is 0 Å². The molecule has 2 amide bonds. The first-order chi connectivity index (χ1) is 9.95. The number of fused-ring (bicyclic) bond motifs is 1. The summed E-state index contributed by atoms with van der Waals surface area (Å²) in [6, 6.07) is 9.62. The normalized spacial score (nSPS) is 12.2. The number of rotatable bonds is 3. The van der Waals surface area contributed by atoms with Crippen molar-refractivity contribution in [2.24, 2.45) is 0 Å². The third-order valence-electron chi connectivity index (χ3n) is 3.54. The summed E-state index contributed by atoms with van der Waals surface area (Å²) in [7, 11) is 0. The van der Waals surface area contributed by atoms with Gasteiger partial charge in [-0.25, -0.2) is 0 Å². The van der Waals surface area contributed by atoms with Gasteiger partial charge in [0.15, 0.2) is 0 Å².